The van der Waals surface area contributed by atoms with Crippen LogP contribution in [0.4, 0.5) is 17.1 Å². The van der Waals surface area contributed by atoms with Crippen molar-refractivity contribution >= 4 is 60.9 Å². The third-order valence-electron chi connectivity index (χ3n) is 17.8. The van der Waals surface area contributed by atoms with E-state index >= 15 is 0 Å². The Bertz CT molecular complexity index is 4550. The smallest absolute Gasteiger partial charge is 0.144 e. The lowest BCUT2D eigenvalue weighted by molar-refractivity contribution is 0.600. The van der Waals surface area contributed by atoms with Gasteiger partial charge in [-0.3, -0.25) is 0 Å². The van der Waals surface area contributed by atoms with Gasteiger partial charge in [-0.25, -0.2) is 0 Å². The van der Waals surface area contributed by atoms with Crippen molar-refractivity contribution in [2.45, 2.75) is 65.2 Å². The normalized spacial score (nSPS) is 13.7. The van der Waals surface area contributed by atoms with Gasteiger partial charge in [0.25, 0.3) is 0 Å². The molecule has 79 heavy (non-hydrogen) atoms. The molecule has 0 unspecified atom stereocenters. The van der Waals surface area contributed by atoms with Gasteiger partial charge in [0.15, 0.2) is 0 Å². The highest BCUT2D eigenvalue weighted by atomic mass is 16.3. The second-order valence-electron chi connectivity index (χ2n) is 22.8. The highest BCUT2D eigenvalue weighted by molar-refractivity contribution is 6.21. The maximum atomic E-state index is 7.15. The number of hydrogen-bond acceptors (Lipinski definition) is 3. The topological polar surface area (TPSA) is 29.5 Å². The second kappa shape index (κ2) is 17.7. The first kappa shape index (κ1) is 47.1. The molecule has 2 heterocycles. The van der Waals surface area contributed by atoms with Crippen molar-refractivity contribution in [2.24, 2.45) is 0 Å². The Hall–Kier alpha value is -9.18. The van der Waals surface area contributed by atoms with Gasteiger partial charge >= 0.3 is 0 Å². The van der Waals surface area contributed by atoms with Crippen molar-refractivity contribution in [3.05, 3.63) is 258 Å². The SMILES string of the molecule is CCc1cc(N(c2ccc3c(c2)C(C)(C)c2c4c(c5c(oc6ccccc65)c2-3)-c2ccccc2C4(C)C)c2c(-c3ccccc3)cccc2-c2ccccc2)ccc1-c1c(CC)cc(-c2ccccc2)c2oc3ccccc3c12. The van der Waals surface area contributed by atoms with Crippen molar-refractivity contribution in [2.75, 3.05) is 4.90 Å². The quantitative estimate of drug-likeness (QED) is 0.144. The van der Waals surface area contributed by atoms with Crippen LogP contribution < -0.4 is 4.90 Å². The fourth-order valence-corrected chi connectivity index (χ4v) is 14.2. The van der Waals surface area contributed by atoms with Crippen molar-refractivity contribution in [3.8, 4) is 66.8 Å². The molecule has 2 aliphatic carbocycles. The Morgan fingerprint density at radius 1 is 0.354 bits per heavy atom. The number of nitrogens with zero attached hydrogens (tertiary/aromatic N) is 1. The largest absolute Gasteiger partial charge is 0.455 e. The number of furan rings is 2. The van der Waals surface area contributed by atoms with Gasteiger partial charge in [-0.05, 0) is 133 Å². The summed E-state index contributed by atoms with van der Waals surface area (Å²) in [5.41, 5.74) is 28.9. The minimum atomic E-state index is -0.399. The van der Waals surface area contributed by atoms with Crippen LogP contribution in [0.3, 0.4) is 0 Å². The Morgan fingerprint density at radius 3 is 1.44 bits per heavy atom. The molecule has 0 bridgehead atoms. The van der Waals surface area contributed by atoms with Gasteiger partial charge in [-0.1, -0.05) is 224 Å². The minimum Gasteiger partial charge on any atom is -0.455 e. The number of fused-ring (bicyclic) bond motifs is 15. The third-order valence-corrected chi connectivity index (χ3v) is 17.8. The summed E-state index contributed by atoms with van der Waals surface area (Å²) in [5, 5.41) is 4.69. The average molecular weight is 1020 g/mol. The summed E-state index contributed by atoms with van der Waals surface area (Å²) in [7, 11) is 0. The minimum absolute atomic E-state index is 0.248. The molecular weight excluding hydrogens is 959 g/mol. The molecule has 0 amide bonds. The van der Waals surface area contributed by atoms with Crippen molar-refractivity contribution < 1.29 is 8.83 Å². The van der Waals surface area contributed by atoms with Gasteiger partial charge < -0.3 is 13.7 Å². The van der Waals surface area contributed by atoms with Crippen LogP contribution in [0.25, 0.3) is 111 Å². The zero-order valence-electron chi connectivity index (χ0n) is 45.5. The molecular formula is C76H59NO2. The summed E-state index contributed by atoms with van der Waals surface area (Å²) in [5.74, 6) is 0. The fourth-order valence-electron chi connectivity index (χ4n) is 14.2. The summed E-state index contributed by atoms with van der Waals surface area (Å²) < 4.78 is 14.1. The standard InChI is InChI=1S/C76H59NO2/c1-7-46-43-51(39-41-53(46)65-47(8-2)44-60(50-29-16-11-17-30-50)73-67(65)58-32-19-22-37-63(58)78-73)77(72-54(48-25-12-9-13-26-48)34-24-35-55(72)49-27-14-10-15-28-49)52-40-42-57-62(45-52)76(5,6)71-69(57)74-68(59-33-20-23-38-64(59)79-74)66-56-31-18-21-36-61(56)75(3,4)70(66)71/h9-45H,7-8H2,1-6H3. The van der Waals surface area contributed by atoms with E-state index in [2.05, 4.69) is 271 Å². The molecule has 0 saturated carbocycles. The van der Waals surface area contributed by atoms with E-state index in [1.807, 2.05) is 0 Å². The van der Waals surface area contributed by atoms with Crippen molar-refractivity contribution in [1.29, 1.82) is 0 Å². The Labute approximate surface area is 462 Å². The van der Waals surface area contributed by atoms with E-state index in [-0.39, 0.29) is 5.41 Å². The fraction of sp³-hybridized carbons (Fsp3) is 0.132. The summed E-state index contributed by atoms with van der Waals surface area (Å²) in [6, 6.07) is 82.6. The second-order valence-corrected chi connectivity index (χ2v) is 22.8. The molecule has 13 aromatic rings. The predicted octanol–water partition coefficient (Wildman–Crippen LogP) is 21.4. The summed E-state index contributed by atoms with van der Waals surface area (Å²) in [6.07, 6.45) is 1.69. The van der Waals surface area contributed by atoms with Gasteiger partial charge in [0.2, 0.25) is 0 Å². The zero-order chi connectivity index (χ0) is 53.3. The first-order valence-corrected chi connectivity index (χ1v) is 28.1. The van der Waals surface area contributed by atoms with Crippen LogP contribution in [-0.4, -0.2) is 0 Å². The Morgan fingerprint density at radius 2 is 0.823 bits per heavy atom. The molecule has 0 saturated heterocycles. The third kappa shape index (κ3) is 6.85. The van der Waals surface area contributed by atoms with E-state index in [0.717, 1.165) is 91.0 Å². The Balaban J connectivity index is 1.00. The van der Waals surface area contributed by atoms with Crippen LogP contribution in [0.1, 0.15) is 74.9 Å². The van der Waals surface area contributed by atoms with Gasteiger partial charge in [0.1, 0.15) is 22.3 Å². The van der Waals surface area contributed by atoms with E-state index in [1.165, 1.54) is 82.9 Å². The summed E-state index contributed by atoms with van der Waals surface area (Å²) >= 11 is 0. The number of benzene rings is 11. The van der Waals surface area contributed by atoms with Crippen LogP contribution >= 0.6 is 0 Å². The maximum Gasteiger partial charge on any atom is 0.144 e. The lowest BCUT2D eigenvalue weighted by atomic mass is 9.72. The number of para-hydroxylation sites is 3. The van der Waals surface area contributed by atoms with Crippen LogP contribution in [-0.2, 0) is 23.7 Å². The molecule has 15 rings (SSSR count). The van der Waals surface area contributed by atoms with Crippen LogP contribution in [0.5, 0.6) is 0 Å². The number of hydrogen-bond donors (Lipinski definition) is 0. The maximum absolute atomic E-state index is 7.15. The number of rotatable bonds is 9. The van der Waals surface area contributed by atoms with Gasteiger partial charge in [0.05, 0.1) is 5.69 Å². The zero-order valence-corrected chi connectivity index (χ0v) is 45.5. The number of anilines is 3. The van der Waals surface area contributed by atoms with Gasteiger partial charge in [-0.2, -0.15) is 0 Å². The first-order valence-electron chi connectivity index (χ1n) is 28.1. The molecule has 380 valence electrons. The van der Waals surface area contributed by atoms with Crippen molar-refractivity contribution in [3.63, 3.8) is 0 Å². The summed E-state index contributed by atoms with van der Waals surface area (Å²) in [6.45, 7) is 14.4. The Kier molecular flexibility index (Phi) is 10.5. The van der Waals surface area contributed by atoms with E-state index in [0.29, 0.717) is 0 Å². The molecule has 0 fully saturated rings. The van der Waals surface area contributed by atoms with Crippen molar-refractivity contribution in [1.82, 2.24) is 0 Å². The van der Waals surface area contributed by atoms with E-state index in [9.17, 15) is 0 Å². The summed E-state index contributed by atoms with van der Waals surface area (Å²) in [4.78, 5) is 2.57. The lowest BCUT2D eigenvalue weighted by Crippen LogP contribution is -2.24. The molecule has 2 aliphatic rings. The van der Waals surface area contributed by atoms with E-state index in [1.54, 1.807) is 0 Å². The predicted molar refractivity (Wildman–Crippen MR) is 331 cm³/mol. The molecule has 0 atom stereocenters. The van der Waals surface area contributed by atoms with E-state index < -0.39 is 5.41 Å². The van der Waals surface area contributed by atoms with Crippen LogP contribution in [0, 0.1) is 0 Å². The number of aryl methyl sites for hydroxylation is 2. The molecule has 11 aromatic carbocycles. The highest BCUT2D eigenvalue weighted by Crippen LogP contribution is 2.64. The van der Waals surface area contributed by atoms with E-state index in [4.69, 9.17) is 8.83 Å². The van der Waals surface area contributed by atoms with Crippen LogP contribution in [0.2, 0.25) is 0 Å². The molecule has 0 spiro atoms. The molecule has 3 nitrogen and oxygen atoms in total. The average Bonchev–Trinajstić information content (AvgIpc) is 4.41. The lowest BCUT2D eigenvalue weighted by Gasteiger charge is -2.33. The van der Waals surface area contributed by atoms with Crippen LogP contribution in [0.15, 0.2) is 233 Å². The molecule has 2 aromatic heterocycles. The van der Waals surface area contributed by atoms with Gasteiger partial charge in [0, 0.05) is 66.0 Å². The molecule has 0 radical (unpaired) electrons. The highest BCUT2D eigenvalue weighted by Gasteiger charge is 2.49. The monoisotopic (exact) mass is 1020 g/mol. The van der Waals surface area contributed by atoms with Gasteiger partial charge in [-0.15, -0.1) is 0 Å². The molecule has 3 heteroatoms. The first-order chi connectivity index (χ1) is 38.6. The molecule has 0 aliphatic heterocycles. The molecule has 0 N–H and O–H groups in total.